The Morgan fingerprint density at radius 2 is 2.09 bits per heavy atom. The van der Waals surface area contributed by atoms with Crippen LogP contribution in [-0.2, 0) is 4.74 Å². The van der Waals surface area contributed by atoms with Gasteiger partial charge in [0.25, 0.3) is 5.78 Å². The van der Waals surface area contributed by atoms with Gasteiger partial charge in [0.05, 0.1) is 5.69 Å². The molecule has 6 heteroatoms. The van der Waals surface area contributed by atoms with E-state index in [1.54, 1.807) is 18.0 Å². The molecule has 22 heavy (non-hydrogen) atoms. The quantitative estimate of drug-likeness (QED) is 0.694. The highest BCUT2D eigenvalue weighted by molar-refractivity contribution is 7.98. The molecule has 1 aliphatic rings. The molecule has 0 amide bonds. The van der Waals surface area contributed by atoms with E-state index in [2.05, 4.69) is 45.6 Å². The van der Waals surface area contributed by atoms with Gasteiger partial charge in [-0.15, -0.1) is 16.9 Å². The number of fused-ring (bicyclic) bond motifs is 1. The molecule has 0 N–H and O–H groups in total. The van der Waals surface area contributed by atoms with Crippen LogP contribution in [0.4, 0.5) is 0 Å². The van der Waals surface area contributed by atoms with Crippen LogP contribution in [0.5, 0.6) is 0 Å². The van der Waals surface area contributed by atoms with Crippen molar-refractivity contribution in [2.24, 2.45) is 0 Å². The molecular formula is C16H16N4OS. The van der Waals surface area contributed by atoms with Crippen LogP contribution in [0.25, 0.3) is 17.0 Å². The van der Waals surface area contributed by atoms with E-state index in [-0.39, 0.29) is 6.10 Å². The van der Waals surface area contributed by atoms with Gasteiger partial charge in [-0.05, 0) is 37.3 Å². The molecule has 0 radical (unpaired) electrons. The van der Waals surface area contributed by atoms with Gasteiger partial charge < -0.3 is 4.74 Å². The van der Waals surface area contributed by atoms with Crippen LogP contribution in [0.3, 0.4) is 0 Å². The number of thioether (sulfide) groups is 1. The van der Waals surface area contributed by atoms with Crippen molar-refractivity contribution in [1.82, 2.24) is 19.6 Å². The van der Waals surface area contributed by atoms with Gasteiger partial charge in [0.15, 0.2) is 5.82 Å². The molecule has 4 rings (SSSR count). The third-order valence-corrected chi connectivity index (χ3v) is 4.60. The van der Waals surface area contributed by atoms with Crippen molar-refractivity contribution in [3.8, 4) is 11.3 Å². The minimum absolute atomic E-state index is 0.00779. The summed E-state index contributed by atoms with van der Waals surface area (Å²) in [6.45, 7) is 0.788. The Balaban J connectivity index is 1.79. The van der Waals surface area contributed by atoms with Gasteiger partial charge in [0.1, 0.15) is 6.10 Å². The van der Waals surface area contributed by atoms with Crippen LogP contribution < -0.4 is 0 Å². The van der Waals surface area contributed by atoms with Crippen molar-refractivity contribution in [3.63, 3.8) is 0 Å². The van der Waals surface area contributed by atoms with Crippen molar-refractivity contribution < 1.29 is 4.74 Å². The van der Waals surface area contributed by atoms with E-state index in [4.69, 9.17) is 4.74 Å². The Kier molecular flexibility index (Phi) is 3.56. The number of benzene rings is 1. The highest BCUT2D eigenvalue weighted by Crippen LogP contribution is 2.28. The van der Waals surface area contributed by atoms with Crippen LogP contribution in [-0.4, -0.2) is 32.4 Å². The summed E-state index contributed by atoms with van der Waals surface area (Å²) in [6.07, 6.45) is 5.91. The van der Waals surface area contributed by atoms with Crippen molar-refractivity contribution >= 4 is 17.5 Å². The van der Waals surface area contributed by atoms with Gasteiger partial charge in [-0.2, -0.15) is 9.50 Å². The van der Waals surface area contributed by atoms with Crippen molar-refractivity contribution in [2.45, 2.75) is 23.8 Å². The summed E-state index contributed by atoms with van der Waals surface area (Å²) < 4.78 is 7.49. The first kappa shape index (κ1) is 13.7. The molecule has 0 spiro atoms. The molecule has 2 aromatic heterocycles. The molecule has 3 aromatic rings. The maximum atomic E-state index is 5.68. The molecule has 0 saturated carbocycles. The first-order valence-electron chi connectivity index (χ1n) is 7.33. The summed E-state index contributed by atoms with van der Waals surface area (Å²) in [4.78, 5) is 10.1. The first-order valence-corrected chi connectivity index (χ1v) is 8.55. The minimum atomic E-state index is 0.00779. The predicted molar refractivity (Wildman–Crippen MR) is 85.9 cm³/mol. The van der Waals surface area contributed by atoms with Crippen molar-refractivity contribution in [1.29, 1.82) is 0 Å². The van der Waals surface area contributed by atoms with E-state index in [0.717, 1.165) is 36.5 Å². The predicted octanol–water partition coefficient (Wildman–Crippen LogP) is 3.36. The summed E-state index contributed by atoms with van der Waals surface area (Å²) in [7, 11) is 0. The van der Waals surface area contributed by atoms with Crippen molar-refractivity contribution in [2.75, 3.05) is 12.9 Å². The zero-order valence-electron chi connectivity index (χ0n) is 12.3. The Morgan fingerprint density at radius 3 is 2.82 bits per heavy atom. The Bertz CT molecular complexity index is 794. The average molecular weight is 312 g/mol. The lowest BCUT2D eigenvalue weighted by Gasteiger charge is -2.05. The van der Waals surface area contributed by atoms with Gasteiger partial charge in [-0.1, -0.05) is 12.1 Å². The largest absolute Gasteiger partial charge is 0.370 e. The van der Waals surface area contributed by atoms with Crippen molar-refractivity contribution in [3.05, 3.63) is 42.4 Å². The zero-order chi connectivity index (χ0) is 14.9. The minimum Gasteiger partial charge on any atom is -0.370 e. The fourth-order valence-electron chi connectivity index (χ4n) is 2.71. The normalized spacial score (nSPS) is 18.1. The fourth-order valence-corrected chi connectivity index (χ4v) is 3.12. The standard InChI is InChI=1S/C16H16N4OS/c1-22-12-6-4-11(5-7-12)13-8-9-17-16-18-15(19-20(13)16)14-3-2-10-21-14/h4-9,14H,2-3,10H2,1H3. The summed E-state index contributed by atoms with van der Waals surface area (Å²) in [6, 6.07) is 10.4. The number of aromatic nitrogens is 4. The molecule has 112 valence electrons. The number of rotatable bonds is 3. The van der Waals surface area contributed by atoms with E-state index in [1.165, 1.54) is 4.90 Å². The average Bonchev–Trinajstić information content (AvgIpc) is 3.23. The summed E-state index contributed by atoms with van der Waals surface area (Å²) >= 11 is 1.73. The van der Waals surface area contributed by atoms with E-state index in [1.807, 2.05) is 10.6 Å². The molecule has 5 nitrogen and oxygen atoms in total. The molecule has 1 aliphatic heterocycles. The Morgan fingerprint density at radius 1 is 1.23 bits per heavy atom. The Labute approximate surface area is 132 Å². The third kappa shape index (κ3) is 2.38. The van der Waals surface area contributed by atoms with Gasteiger partial charge in [0, 0.05) is 23.3 Å². The van der Waals surface area contributed by atoms with Gasteiger partial charge in [-0.3, -0.25) is 0 Å². The van der Waals surface area contributed by atoms with E-state index >= 15 is 0 Å². The molecular weight excluding hydrogens is 296 g/mol. The van der Waals surface area contributed by atoms with Crippen LogP contribution in [0, 0.1) is 0 Å². The van der Waals surface area contributed by atoms with E-state index in [0.29, 0.717) is 5.78 Å². The molecule has 1 fully saturated rings. The number of hydrogen-bond acceptors (Lipinski definition) is 5. The number of ether oxygens (including phenoxy) is 1. The van der Waals surface area contributed by atoms with Crippen LogP contribution in [0.15, 0.2) is 41.4 Å². The molecule has 1 aromatic carbocycles. The molecule has 1 atom stereocenters. The monoisotopic (exact) mass is 312 g/mol. The maximum Gasteiger partial charge on any atom is 0.253 e. The summed E-state index contributed by atoms with van der Waals surface area (Å²) in [5, 5.41) is 4.63. The highest BCUT2D eigenvalue weighted by Gasteiger charge is 2.23. The van der Waals surface area contributed by atoms with E-state index < -0.39 is 0 Å². The van der Waals surface area contributed by atoms with Gasteiger partial charge in [0.2, 0.25) is 0 Å². The smallest absolute Gasteiger partial charge is 0.253 e. The van der Waals surface area contributed by atoms with Crippen LogP contribution >= 0.6 is 11.8 Å². The lowest BCUT2D eigenvalue weighted by atomic mass is 10.1. The fraction of sp³-hybridized carbons (Fsp3) is 0.312. The lowest BCUT2D eigenvalue weighted by molar-refractivity contribution is 0.105. The molecule has 0 bridgehead atoms. The zero-order valence-corrected chi connectivity index (χ0v) is 13.1. The lowest BCUT2D eigenvalue weighted by Crippen LogP contribution is -2.00. The second kappa shape index (κ2) is 5.70. The summed E-state index contributed by atoms with van der Waals surface area (Å²) in [5.74, 6) is 1.36. The van der Waals surface area contributed by atoms with Crippen LogP contribution in [0.1, 0.15) is 24.8 Å². The molecule has 1 saturated heterocycles. The Hall–Kier alpha value is -1.92. The second-order valence-corrected chi connectivity index (χ2v) is 6.12. The summed E-state index contributed by atoms with van der Waals surface area (Å²) in [5.41, 5.74) is 2.10. The molecule has 3 heterocycles. The highest BCUT2D eigenvalue weighted by atomic mass is 32.2. The topological polar surface area (TPSA) is 52.3 Å². The molecule has 1 unspecified atom stereocenters. The molecule has 0 aliphatic carbocycles. The first-order chi connectivity index (χ1) is 10.8. The SMILES string of the molecule is CSc1ccc(-c2ccnc3nc(C4CCCO4)nn23)cc1. The maximum absolute atomic E-state index is 5.68. The number of hydrogen-bond donors (Lipinski definition) is 0. The van der Waals surface area contributed by atoms with Gasteiger partial charge >= 0.3 is 0 Å². The van der Waals surface area contributed by atoms with Gasteiger partial charge in [-0.25, -0.2) is 4.98 Å². The second-order valence-electron chi connectivity index (χ2n) is 5.24. The van der Waals surface area contributed by atoms with E-state index in [9.17, 15) is 0 Å². The third-order valence-electron chi connectivity index (χ3n) is 3.86. The van der Waals surface area contributed by atoms with Crippen LogP contribution in [0.2, 0.25) is 0 Å². The number of nitrogens with zero attached hydrogens (tertiary/aromatic N) is 4.